The van der Waals surface area contributed by atoms with E-state index in [2.05, 4.69) is 42.7 Å². The first-order valence-corrected chi connectivity index (χ1v) is 11.3. The third-order valence-corrected chi connectivity index (χ3v) is 7.39. The molecule has 5 heteroatoms. The molecule has 0 bridgehead atoms. The molecule has 3 aromatic carbocycles. The molecule has 31 heavy (non-hydrogen) atoms. The lowest BCUT2D eigenvalue weighted by atomic mass is 9.56. The minimum atomic E-state index is -0.825. The molecule has 1 fully saturated rings. The van der Waals surface area contributed by atoms with Crippen LogP contribution in [0.25, 0.3) is 0 Å². The molecule has 2 aliphatic rings. The highest BCUT2D eigenvalue weighted by Crippen LogP contribution is 2.59. The SMILES string of the molecule is Cc1ccccc1C1NCC(C)C(c2cccc(Cl)c2)C12C(=O)Nc1cc(Cl)ccc12. The normalized spacial score (nSPS) is 27.2. The molecule has 2 N–H and O–H groups in total. The van der Waals surface area contributed by atoms with Gasteiger partial charge < -0.3 is 10.6 Å². The van der Waals surface area contributed by atoms with Gasteiger partial charge in [-0.1, -0.05) is 72.6 Å². The number of anilines is 1. The van der Waals surface area contributed by atoms with Crippen LogP contribution in [0.2, 0.25) is 10.0 Å². The van der Waals surface area contributed by atoms with E-state index in [1.54, 1.807) is 0 Å². The lowest BCUT2D eigenvalue weighted by Crippen LogP contribution is -2.58. The zero-order valence-electron chi connectivity index (χ0n) is 17.5. The monoisotopic (exact) mass is 450 g/mol. The van der Waals surface area contributed by atoms with Crippen LogP contribution in [0.15, 0.2) is 66.7 Å². The number of benzene rings is 3. The number of amides is 1. The second-order valence-corrected chi connectivity index (χ2v) is 9.59. The van der Waals surface area contributed by atoms with Crippen molar-refractivity contribution < 1.29 is 4.79 Å². The topological polar surface area (TPSA) is 41.1 Å². The van der Waals surface area contributed by atoms with Crippen molar-refractivity contribution >= 4 is 34.8 Å². The van der Waals surface area contributed by atoms with Crippen LogP contribution in [0.1, 0.15) is 41.1 Å². The number of hydrogen-bond donors (Lipinski definition) is 2. The molecular formula is C26H24Cl2N2O. The molecule has 158 valence electrons. The maximum atomic E-state index is 14.0. The number of aryl methyl sites for hydroxylation is 1. The maximum Gasteiger partial charge on any atom is 0.237 e. The number of rotatable bonds is 2. The summed E-state index contributed by atoms with van der Waals surface area (Å²) in [7, 11) is 0. The first-order valence-electron chi connectivity index (χ1n) is 10.6. The molecule has 0 aliphatic carbocycles. The molecule has 0 radical (unpaired) electrons. The van der Waals surface area contributed by atoms with Gasteiger partial charge in [0.05, 0.1) is 6.04 Å². The summed E-state index contributed by atoms with van der Waals surface area (Å²) in [6, 6.07) is 21.8. The third kappa shape index (κ3) is 3.10. The van der Waals surface area contributed by atoms with Crippen molar-refractivity contribution in [3.8, 4) is 0 Å². The summed E-state index contributed by atoms with van der Waals surface area (Å²) in [5.41, 5.74) is 4.33. The van der Waals surface area contributed by atoms with Gasteiger partial charge in [-0.15, -0.1) is 0 Å². The highest BCUT2D eigenvalue weighted by atomic mass is 35.5. The molecule has 1 spiro atoms. The lowest BCUT2D eigenvalue weighted by Gasteiger charge is -2.50. The Morgan fingerprint density at radius 1 is 0.968 bits per heavy atom. The number of carbonyl (C=O) groups is 1. The van der Waals surface area contributed by atoms with Gasteiger partial charge in [-0.2, -0.15) is 0 Å². The summed E-state index contributed by atoms with van der Waals surface area (Å²) < 4.78 is 0. The second kappa shape index (κ2) is 7.67. The van der Waals surface area contributed by atoms with Crippen LogP contribution < -0.4 is 10.6 Å². The molecule has 4 unspecified atom stereocenters. The van der Waals surface area contributed by atoms with E-state index in [-0.39, 0.29) is 23.8 Å². The maximum absolute atomic E-state index is 14.0. The van der Waals surface area contributed by atoms with Gasteiger partial charge in [0.15, 0.2) is 0 Å². The van der Waals surface area contributed by atoms with Crippen molar-refractivity contribution in [2.24, 2.45) is 5.92 Å². The molecule has 0 aromatic heterocycles. The summed E-state index contributed by atoms with van der Waals surface area (Å²) in [4.78, 5) is 14.0. The number of carbonyl (C=O) groups excluding carboxylic acids is 1. The summed E-state index contributed by atoms with van der Waals surface area (Å²) in [6.07, 6.45) is 0. The van der Waals surface area contributed by atoms with Gasteiger partial charge in [-0.25, -0.2) is 0 Å². The quantitative estimate of drug-likeness (QED) is 0.483. The summed E-state index contributed by atoms with van der Waals surface area (Å²) in [5, 5.41) is 8.18. The van der Waals surface area contributed by atoms with Gasteiger partial charge in [0.2, 0.25) is 5.91 Å². The van der Waals surface area contributed by atoms with E-state index in [4.69, 9.17) is 23.2 Å². The van der Waals surface area contributed by atoms with Crippen LogP contribution in [-0.2, 0) is 10.2 Å². The van der Waals surface area contributed by atoms with E-state index in [9.17, 15) is 4.79 Å². The van der Waals surface area contributed by atoms with Crippen LogP contribution >= 0.6 is 23.2 Å². The molecule has 3 aromatic rings. The van der Waals surface area contributed by atoms with E-state index in [0.29, 0.717) is 10.0 Å². The number of nitrogens with one attached hydrogen (secondary N) is 2. The fourth-order valence-corrected chi connectivity index (χ4v) is 6.06. The number of piperidine rings is 1. The third-order valence-electron chi connectivity index (χ3n) is 6.92. The molecule has 0 saturated carbocycles. The zero-order valence-corrected chi connectivity index (χ0v) is 19.0. The number of halogens is 2. The largest absolute Gasteiger partial charge is 0.325 e. The Balaban J connectivity index is 1.83. The number of fused-ring (bicyclic) bond motifs is 2. The summed E-state index contributed by atoms with van der Waals surface area (Å²) in [5.74, 6) is 0.160. The first-order chi connectivity index (χ1) is 14.9. The Kier molecular flexibility index (Phi) is 5.09. The van der Waals surface area contributed by atoms with Crippen molar-refractivity contribution in [3.63, 3.8) is 0 Å². The van der Waals surface area contributed by atoms with E-state index in [1.165, 1.54) is 0 Å². The standard InChI is InChI=1S/C26H24Cl2N2O/c1-15-6-3-4-9-20(15)24-26(21-11-10-19(28)13-22(21)30-25(26)31)23(16(2)14-29-24)17-7-5-8-18(27)12-17/h3-13,16,23-24,29H,14H2,1-2H3,(H,30,31). The fraction of sp³-hybridized carbons (Fsp3) is 0.269. The molecule has 4 atom stereocenters. The van der Waals surface area contributed by atoms with Crippen LogP contribution in [-0.4, -0.2) is 12.5 Å². The Bertz CT molecular complexity index is 1180. The molecule has 3 nitrogen and oxygen atoms in total. The van der Waals surface area contributed by atoms with Gasteiger partial charge in [-0.05, 0) is 65.9 Å². The van der Waals surface area contributed by atoms with Crippen LogP contribution in [0.5, 0.6) is 0 Å². The molecule has 2 aliphatic heterocycles. The van der Waals surface area contributed by atoms with Gasteiger partial charge in [0.25, 0.3) is 0 Å². The highest BCUT2D eigenvalue weighted by molar-refractivity contribution is 6.31. The Morgan fingerprint density at radius 3 is 2.52 bits per heavy atom. The predicted molar refractivity (Wildman–Crippen MR) is 127 cm³/mol. The van der Waals surface area contributed by atoms with Crippen molar-refractivity contribution in [1.29, 1.82) is 0 Å². The Hall–Kier alpha value is -2.33. The summed E-state index contributed by atoms with van der Waals surface area (Å²) >= 11 is 12.7. The van der Waals surface area contributed by atoms with Crippen LogP contribution in [0.3, 0.4) is 0 Å². The smallest absolute Gasteiger partial charge is 0.237 e. The fourth-order valence-electron chi connectivity index (χ4n) is 5.69. The average Bonchev–Trinajstić information content (AvgIpc) is 3.00. The first kappa shape index (κ1) is 20.6. The van der Waals surface area contributed by atoms with Crippen molar-refractivity contribution in [2.75, 3.05) is 11.9 Å². The minimum Gasteiger partial charge on any atom is -0.325 e. The van der Waals surface area contributed by atoms with Gasteiger partial charge in [0.1, 0.15) is 5.41 Å². The van der Waals surface area contributed by atoms with Gasteiger partial charge >= 0.3 is 0 Å². The Labute approximate surface area is 192 Å². The molecular weight excluding hydrogens is 427 g/mol. The highest BCUT2D eigenvalue weighted by Gasteiger charge is 2.61. The van der Waals surface area contributed by atoms with Crippen molar-refractivity contribution in [2.45, 2.75) is 31.2 Å². The van der Waals surface area contributed by atoms with Crippen LogP contribution in [0, 0.1) is 12.8 Å². The van der Waals surface area contributed by atoms with Crippen molar-refractivity contribution in [1.82, 2.24) is 5.32 Å². The number of hydrogen-bond acceptors (Lipinski definition) is 2. The van der Waals surface area contributed by atoms with Gasteiger partial charge in [-0.3, -0.25) is 4.79 Å². The van der Waals surface area contributed by atoms with E-state index in [1.807, 2.05) is 48.5 Å². The molecule has 1 amide bonds. The molecule has 5 rings (SSSR count). The van der Waals surface area contributed by atoms with E-state index >= 15 is 0 Å². The van der Waals surface area contributed by atoms with Crippen LogP contribution in [0.4, 0.5) is 5.69 Å². The zero-order chi connectivity index (χ0) is 21.8. The van der Waals surface area contributed by atoms with Crippen molar-refractivity contribution in [3.05, 3.63) is 99.0 Å². The predicted octanol–water partition coefficient (Wildman–Crippen LogP) is 6.26. The van der Waals surface area contributed by atoms with E-state index < -0.39 is 5.41 Å². The Morgan fingerprint density at radius 2 is 1.74 bits per heavy atom. The van der Waals surface area contributed by atoms with Gasteiger partial charge in [0, 0.05) is 21.7 Å². The molecule has 2 heterocycles. The second-order valence-electron chi connectivity index (χ2n) is 8.72. The lowest BCUT2D eigenvalue weighted by molar-refractivity contribution is -0.124. The average molecular weight is 451 g/mol. The summed E-state index contributed by atoms with van der Waals surface area (Å²) in [6.45, 7) is 5.11. The molecule has 1 saturated heterocycles. The van der Waals surface area contributed by atoms with E-state index in [0.717, 1.165) is 34.5 Å². The minimum absolute atomic E-state index is 0.00189.